The Morgan fingerprint density at radius 2 is 2.28 bits per heavy atom. The summed E-state index contributed by atoms with van der Waals surface area (Å²) in [6.45, 7) is 3.73. The largest absolute Gasteiger partial charge is 0.466 e. The topological polar surface area (TPSA) is 75.3 Å². The van der Waals surface area contributed by atoms with Gasteiger partial charge in [-0.3, -0.25) is 9.59 Å². The van der Waals surface area contributed by atoms with E-state index in [-0.39, 0.29) is 17.4 Å². The maximum absolute atomic E-state index is 11.6. The Morgan fingerprint density at radius 3 is 2.89 bits per heavy atom. The fourth-order valence-corrected chi connectivity index (χ4v) is 2.17. The average molecular weight is 251 g/mol. The monoisotopic (exact) mass is 251 g/mol. The number of nitrogens with one attached hydrogen (secondary N) is 1. The molecule has 0 atom stereocenters. The number of H-pyrrole nitrogens is 1. The van der Waals surface area contributed by atoms with Crippen LogP contribution in [0, 0.1) is 5.92 Å². The Bertz CT molecular complexity index is 464. The minimum Gasteiger partial charge on any atom is -0.466 e. The summed E-state index contributed by atoms with van der Waals surface area (Å²) in [5.74, 6) is -0.127. The van der Waals surface area contributed by atoms with Crippen molar-refractivity contribution in [2.75, 3.05) is 24.6 Å². The zero-order valence-corrected chi connectivity index (χ0v) is 10.4. The summed E-state index contributed by atoms with van der Waals surface area (Å²) in [5.41, 5.74) is 0.598. The van der Waals surface area contributed by atoms with Crippen molar-refractivity contribution >= 4 is 11.7 Å². The van der Waals surface area contributed by atoms with Gasteiger partial charge in [-0.05, 0) is 19.8 Å². The molecule has 98 valence electrons. The molecule has 1 aromatic heterocycles. The molecular weight excluding hydrogens is 234 g/mol. The molecule has 2 rings (SSSR count). The first-order valence-corrected chi connectivity index (χ1v) is 6.17. The molecular formula is C12H17N3O3. The number of esters is 1. The van der Waals surface area contributed by atoms with Crippen molar-refractivity contribution in [3.63, 3.8) is 0 Å². The lowest BCUT2D eigenvalue weighted by molar-refractivity contribution is -0.148. The van der Waals surface area contributed by atoms with Crippen LogP contribution in [0.3, 0.4) is 0 Å². The molecule has 6 nitrogen and oxygen atoms in total. The van der Waals surface area contributed by atoms with Crippen LogP contribution in [0.15, 0.2) is 17.1 Å². The van der Waals surface area contributed by atoms with Gasteiger partial charge in [-0.1, -0.05) is 0 Å². The highest BCUT2D eigenvalue weighted by Gasteiger charge is 2.26. The number of piperidine rings is 1. The van der Waals surface area contributed by atoms with E-state index in [1.165, 1.54) is 6.07 Å². The summed E-state index contributed by atoms with van der Waals surface area (Å²) in [5, 5.41) is 6.12. The van der Waals surface area contributed by atoms with Gasteiger partial charge in [-0.25, -0.2) is 5.10 Å². The summed E-state index contributed by atoms with van der Waals surface area (Å²) in [6, 6.07) is 1.53. The van der Waals surface area contributed by atoms with E-state index >= 15 is 0 Å². The number of anilines is 1. The molecule has 0 unspecified atom stereocenters. The molecule has 1 fully saturated rings. The van der Waals surface area contributed by atoms with Crippen LogP contribution in [0.4, 0.5) is 5.69 Å². The molecule has 0 aliphatic carbocycles. The van der Waals surface area contributed by atoms with E-state index in [0.717, 1.165) is 31.6 Å². The molecule has 0 amide bonds. The number of rotatable bonds is 3. The predicted octanol–water partition coefficient (Wildman–Crippen LogP) is 0.549. The molecule has 18 heavy (non-hydrogen) atoms. The zero-order chi connectivity index (χ0) is 13.0. The Kier molecular flexibility index (Phi) is 3.96. The van der Waals surface area contributed by atoms with Gasteiger partial charge in [0, 0.05) is 19.2 Å². The van der Waals surface area contributed by atoms with E-state index in [1.807, 2.05) is 6.92 Å². The molecule has 1 N–H and O–H groups in total. The fourth-order valence-electron chi connectivity index (χ4n) is 2.17. The second-order valence-corrected chi connectivity index (χ2v) is 4.32. The smallest absolute Gasteiger partial charge is 0.309 e. The third-order valence-electron chi connectivity index (χ3n) is 3.13. The third-order valence-corrected chi connectivity index (χ3v) is 3.13. The van der Waals surface area contributed by atoms with Crippen molar-refractivity contribution in [3.05, 3.63) is 22.6 Å². The highest BCUT2D eigenvalue weighted by Crippen LogP contribution is 2.22. The number of aromatic amines is 1. The summed E-state index contributed by atoms with van der Waals surface area (Å²) >= 11 is 0. The summed E-state index contributed by atoms with van der Waals surface area (Å²) in [4.78, 5) is 24.8. The predicted molar refractivity (Wildman–Crippen MR) is 66.4 cm³/mol. The molecule has 6 heteroatoms. The zero-order valence-electron chi connectivity index (χ0n) is 10.4. The van der Waals surface area contributed by atoms with Crippen LogP contribution in [-0.2, 0) is 9.53 Å². The third kappa shape index (κ3) is 2.88. The van der Waals surface area contributed by atoms with Crippen molar-refractivity contribution < 1.29 is 9.53 Å². The van der Waals surface area contributed by atoms with Gasteiger partial charge in [0.05, 0.1) is 24.4 Å². The minimum absolute atomic E-state index is 0.0174. The molecule has 1 saturated heterocycles. The van der Waals surface area contributed by atoms with Crippen LogP contribution in [0.1, 0.15) is 19.8 Å². The molecule has 1 aliphatic heterocycles. The minimum atomic E-state index is -0.208. The second-order valence-electron chi connectivity index (χ2n) is 4.32. The number of ether oxygens (including phenoxy) is 1. The van der Waals surface area contributed by atoms with Gasteiger partial charge in [-0.15, -0.1) is 0 Å². The molecule has 0 aromatic carbocycles. The van der Waals surface area contributed by atoms with E-state index < -0.39 is 0 Å². The van der Waals surface area contributed by atoms with E-state index in [4.69, 9.17) is 4.74 Å². The van der Waals surface area contributed by atoms with E-state index in [2.05, 4.69) is 15.1 Å². The molecule has 0 spiro atoms. The van der Waals surface area contributed by atoms with Crippen LogP contribution in [0.2, 0.25) is 0 Å². The first-order valence-electron chi connectivity index (χ1n) is 6.17. The summed E-state index contributed by atoms with van der Waals surface area (Å²) < 4.78 is 5.02. The van der Waals surface area contributed by atoms with Crippen LogP contribution in [-0.4, -0.2) is 35.9 Å². The molecule has 0 bridgehead atoms. The lowest BCUT2D eigenvalue weighted by Gasteiger charge is -2.32. The van der Waals surface area contributed by atoms with Crippen LogP contribution < -0.4 is 10.5 Å². The first kappa shape index (κ1) is 12.6. The van der Waals surface area contributed by atoms with Crippen molar-refractivity contribution in [3.8, 4) is 0 Å². The number of aromatic nitrogens is 2. The number of hydrogen-bond acceptors (Lipinski definition) is 5. The number of nitrogens with zero attached hydrogens (tertiary/aromatic N) is 2. The molecule has 0 radical (unpaired) electrons. The summed E-state index contributed by atoms with van der Waals surface area (Å²) in [7, 11) is 0. The van der Waals surface area contributed by atoms with Gasteiger partial charge in [0.15, 0.2) is 0 Å². The van der Waals surface area contributed by atoms with Crippen molar-refractivity contribution in [1.82, 2.24) is 10.2 Å². The lowest BCUT2D eigenvalue weighted by Crippen LogP contribution is -2.37. The van der Waals surface area contributed by atoms with Gasteiger partial charge in [0.2, 0.25) is 0 Å². The van der Waals surface area contributed by atoms with Gasteiger partial charge in [-0.2, -0.15) is 5.10 Å². The van der Waals surface area contributed by atoms with Crippen molar-refractivity contribution in [2.24, 2.45) is 5.92 Å². The van der Waals surface area contributed by atoms with Gasteiger partial charge < -0.3 is 9.64 Å². The molecule has 2 heterocycles. The van der Waals surface area contributed by atoms with Gasteiger partial charge >= 0.3 is 5.97 Å². The molecule has 0 saturated carbocycles. The standard InChI is InChI=1S/C12H17N3O3/c1-2-18-12(17)9-3-5-15(6-4-9)10-7-11(16)14-13-8-10/h7-9H,2-6H2,1H3,(H,14,16). The van der Waals surface area contributed by atoms with E-state index in [0.29, 0.717) is 6.61 Å². The molecule has 1 aliphatic rings. The molecule has 1 aromatic rings. The number of hydrogen-bond donors (Lipinski definition) is 1. The SMILES string of the molecule is CCOC(=O)C1CCN(c2cn[nH]c(=O)c2)CC1. The van der Waals surface area contributed by atoms with Crippen LogP contribution in [0.25, 0.3) is 0 Å². The van der Waals surface area contributed by atoms with Crippen molar-refractivity contribution in [2.45, 2.75) is 19.8 Å². The normalized spacial score (nSPS) is 16.6. The van der Waals surface area contributed by atoms with E-state index in [9.17, 15) is 9.59 Å². The van der Waals surface area contributed by atoms with Crippen molar-refractivity contribution in [1.29, 1.82) is 0 Å². The Hall–Kier alpha value is -1.85. The highest BCUT2D eigenvalue weighted by molar-refractivity contribution is 5.72. The Morgan fingerprint density at radius 1 is 1.56 bits per heavy atom. The van der Waals surface area contributed by atoms with Gasteiger partial charge in [0.1, 0.15) is 0 Å². The quantitative estimate of drug-likeness (QED) is 0.794. The first-order chi connectivity index (χ1) is 8.70. The Labute approximate surface area is 105 Å². The number of carbonyl (C=O) groups is 1. The highest BCUT2D eigenvalue weighted by atomic mass is 16.5. The number of carbonyl (C=O) groups excluding carboxylic acids is 1. The van der Waals surface area contributed by atoms with Crippen LogP contribution >= 0.6 is 0 Å². The maximum atomic E-state index is 11.6. The fraction of sp³-hybridized carbons (Fsp3) is 0.583. The van der Waals surface area contributed by atoms with E-state index in [1.54, 1.807) is 6.20 Å². The summed E-state index contributed by atoms with van der Waals surface area (Å²) in [6.07, 6.45) is 3.14. The average Bonchev–Trinajstić information content (AvgIpc) is 2.39. The Balaban J connectivity index is 1.94. The maximum Gasteiger partial charge on any atom is 0.309 e. The van der Waals surface area contributed by atoms with Crippen LogP contribution in [0.5, 0.6) is 0 Å². The second kappa shape index (κ2) is 5.66. The van der Waals surface area contributed by atoms with Gasteiger partial charge in [0.25, 0.3) is 5.56 Å². The lowest BCUT2D eigenvalue weighted by atomic mass is 9.97.